The molecule has 2 amide bonds. The molecule has 0 bridgehead atoms. The van der Waals surface area contributed by atoms with Crippen molar-refractivity contribution in [3.8, 4) is 0 Å². The van der Waals surface area contributed by atoms with Gasteiger partial charge in [-0.25, -0.2) is 0 Å². The first-order valence-corrected chi connectivity index (χ1v) is 10.8. The van der Waals surface area contributed by atoms with Gasteiger partial charge in [-0.1, -0.05) is 51.8 Å². The number of nitrogens with one attached hydrogen (secondary N) is 1. The maximum Gasteiger partial charge on any atom is 0.242 e. The van der Waals surface area contributed by atoms with Crippen LogP contribution in [0, 0.1) is 0 Å². The first-order valence-electron chi connectivity index (χ1n) is 8.48. The van der Waals surface area contributed by atoms with Crippen LogP contribution in [0.15, 0.2) is 53.0 Å². The Labute approximate surface area is 177 Å². The van der Waals surface area contributed by atoms with Crippen molar-refractivity contribution in [2.24, 2.45) is 0 Å². The molecule has 2 rings (SSSR count). The number of carbonyl (C=O) groups is 2. The molecule has 0 aliphatic carbocycles. The van der Waals surface area contributed by atoms with Crippen molar-refractivity contribution in [1.29, 1.82) is 0 Å². The number of benzene rings is 2. The summed E-state index contributed by atoms with van der Waals surface area (Å²) in [5.41, 5.74) is 2.03. The van der Waals surface area contributed by atoms with Gasteiger partial charge in [-0.2, -0.15) is 0 Å². The summed E-state index contributed by atoms with van der Waals surface area (Å²) >= 11 is 11.0. The third-order valence-electron chi connectivity index (χ3n) is 4.04. The van der Waals surface area contributed by atoms with E-state index in [1.165, 1.54) is 11.8 Å². The summed E-state index contributed by atoms with van der Waals surface area (Å²) in [5, 5.41) is 3.31. The number of carbonyl (C=O) groups excluding carboxylic acids is 2. The average molecular weight is 470 g/mol. The first kappa shape index (κ1) is 21.8. The molecule has 1 atom stereocenters. The smallest absolute Gasteiger partial charge is 0.242 e. The van der Waals surface area contributed by atoms with E-state index in [2.05, 4.69) is 21.2 Å². The summed E-state index contributed by atoms with van der Waals surface area (Å²) in [6.07, 6.45) is 0. The SMILES string of the molecule is CNC(=O)[C@H](C)N(Cc1cccc(Br)c1)C(=O)CSCc1cccc(Cl)c1. The van der Waals surface area contributed by atoms with Crippen molar-refractivity contribution in [3.63, 3.8) is 0 Å². The minimum Gasteiger partial charge on any atom is -0.357 e. The normalized spacial score (nSPS) is 11.7. The van der Waals surface area contributed by atoms with E-state index in [0.717, 1.165) is 15.6 Å². The van der Waals surface area contributed by atoms with Gasteiger partial charge in [0.25, 0.3) is 0 Å². The van der Waals surface area contributed by atoms with Crippen LogP contribution in [0.3, 0.4) is 0 Å². The molecule has 7 heteroatoms. The molecular weight excluding hydrogens is 448 g/mol. The van der Waals surface area contributed by atoms with Crippen molar-refractivity contribution in [2.45, 2.75) is 25.3 Å². The van der Waals surface area contributed by atoms with Crippen LogP contribution in [0.2, 0.25) is 5.02 Å². The van der Waals surface area contributed by atoms with Crippen LogP contribution >= 0.6 is 39.3 Å². The largest absolute Gasteiger partial charge is 0.357 e. The maximum atomic E-state index is 12.8. The number of hydrogen-bond donors (Lipinski definition) is 1. The summed E-state index contributed by atoms with van der Waals surface area (Å²) in [6, 6.07) is 14.8. The molecule has 0 aromatic heterocycles. The fourth-order valence-electron chi connectivity index (χ4n) is 2.59. The van der Waals surface area contributed by atoms with Gasteiger partial charge in [0.05, 0.1) is 5.75 Å². The van der Waals surface area contributed by atoms with Crippen LogP contribution in [0.5, 0.6) is 0 Å². The number of thioether (sulfide) groups is 1. The summed E-state index contributed by atoms with van der Waals surface area (Å²) in [5.74, 6) is 0.726. The second-order valence-corrected chi connectivity index (χ2v) is 8.40. The molecule has 0 aliphatic heterocycles. The first-order chi connectivity index (χ1) is 12.9. The number of halogens is 2. The Balaban J connectivity index is 2.04. The molecule has 27 heavy (non-hydrogen) atoms. The third-order valence-corrected chi connectivity index (χ3v) is 5.76. The van der Waals surface area contributed by atoms with Gasteiger partial charge in [-0.05, 0) is 42.3 Å². The Hall–Kier alpha value is -1.50. The highest BCUT2D eigenvalue weighted by atomic mass is 79.9. The standard InChI is InChI=1S/C20H22BrClN2O2S/c1-14(20(26)23-2)24(11-15-5-3-7-17(21)9-15)19(25)13-27-12-16-6-4-8-18(22)10-16/h3-10,14H,11-13H2,1-2H3,(H,23,26)/t14-/m0/s1. The molecule has 0 heterocycles. The Morgan fingerprint density at radius 2 is 1.89 bits per heavy atom. The molecule has 2 aromatic carbocycles. The van der Waals surface area contributed by atoms with E-state index in [-0.39, 0.29) is 11.8 Å². The van der Waals surface area contributed by atoms with Crippen LogP contribution in [0.25, 0.3) is 0 Å². The van der Waals surface area contributed by atoms with Gasteiger partial charge < -0.3 is 10.2 Å². The fourth-order valence-corrected chi connectivity index (χ4v) is 4.11. The van der Waals surface area contributed by atoms with Crippen molar-refractivity contribution in [1.82, 2.24) is 10.2 Å². The van der Waals surface area contributed by atoms with E-state index in [9.17, 15) is 9.59 Å². The minimum atomic E-state index is -0.548. The van der Waals surface area contributed by atoms with Gasteiger partial charge in [0.1, 0.15) is 6.04 Å². The number of hydrogen-bond acceptors (Lipinski definition) is 3. The topological polar surface area (TPSA) is 49.4 Å². The molecule has 0 saturated carbocycles. The molecule has 0 spiro atoms. The molecule has 2 aromatic rings. The molecule has 0 fully saturated rings. The van der Waals surface area contributed by atoms with Crippen LogP contribution in [0.1, 0.15) is 18.1 Å². The average Bonchev–Trinajstić information content (AvgIpc) is 2.65. The van der Waals surface area contributed by atoms with Crippen LogP contribution in [0.4, 0.5) is 0 Å². The number of likely N-dealkylation sites (N-methyl/N-ethyl adjacent to an activating group) is 1. The molecular formula is C20H22BrClN2O2S. The second kappa shape index (κ2) is 10.7. The van der Waals surface area contributed by atoms with Crippen molar-refractivity contribution >= 4 is 51.1 Å². The van der Waals surface area contributed by atoms with Gasteiger partial charge >= 0.3 is 0 Å². The summed E-state index contributed by atoms with van der Waals surface area (Å²) < 4.78 is 0.940. The quantitative estimate of drug-likeness (QED) is 0.619. The van der Waals surface area contributed by atoms with Gasteiger partial charge in [0, 0.05) is 28.8 Å². The van der Waals surface area contributed by atoms with Gasteiger partial charge in [0.15, 0.2) is 0 Å². The van der Waals surface area contributed by atoms with Crippen LogP contribution in [-0.2, 0) is 21.9 Å². The van der Waals surface area contributed by atoms with E-state index in [4.69, 9.17) is 11.6 Å². The number of rotatable bonds is 8. The Kier molecular flexibility index (Phi) is 8.67. The van der Waals surface area contributed by atoms with E-state index in [1.54, 1.807) is 18.9 Å². The predicted molar refractivity (Wildman–Crippen MR) is 116 cm³/mol. The van der Waals surface area contributed by atoms with E-state index in [1.807, 2.05) is 48.5 Å². The molecule has 0 radical (unpaired) electrons. The molecule has 0 unspecified atom stereocenters. The fraction of sp³-hybridized carbons (Fsp3) is 0.300. The highest BCUT2D eigenvalue weighted by Crippen LogP contribution is 2.19. The second-order valence-electron chi connectivity index (χ2n) is 6.06. The van der Waals surface area contributed by atoms with E-state index >= 15 is 0 Å². The Morgan fingerprint density at radius 1 is 1.19 bits per heavy atom. The lowest BCUT2D eigenvalue weighted by Crippen LogP contribution is -2.47. The summed E-state index contributed by atoms with van der Waals surface area (Å²) in [7, 11) is 1.58. The lowest BCUT2D eigenvalue weighted by Gasteiger charge is -2.28. The lowest BCUT2D eigenvalue weighted by atomic mass is 10.1. The van der Waals surface area contributed by atoms with Crippen LogP contribution in [-0.4, -0.2) is 35.6 Å². The minimum absolute atomic E-state index is 0.0712. The number of amides is 2. The van der Waals surface area contributed by atoms with Crippen molar-refractivity contribution in [3.05, 3.63) is 69.2 Å². The van der Waals surface area contributed by atoms with E-state index in [0.29, 0.717) is 23.1 Å². The lowest BCUT2D eigenvalue weighted by molar-refractivity contribution is -0.138. The van der Waals surface area contributed by atoms with Gasteiger partial charge in [-0.15, -0.1) is 11.8 Å². The number of nitrogens with zero attached hydrogens (tertiary/aromatic N) is 1. The molecule has 144 valence electrons. The Morgan fingerprint density at radius 3 is 2.56 bits per heavy atom. The highest BCUT2D eigenvalue weighted by Gasteiger charge is 2.25. The zero-order chi connectivity index (χ0) is 19.8. The molecule has 4 nitrogen and oxygen atoms in total. The van der Waals surface area contributed by atoms with Crippen molar-refractivity contribution in [2.75, 3.05) is 12.8 Å². The van der Waals surface area contributed by atoms with E-state index < -0.39 is 6.04 Å². The predicted octanol–water partition coefficient (Wildman–Crippen LogP) is 4.50. The Bertz CT molecular complexity index is 803. The molecule has 0 aliphatic rings. The summed E-state index contributed by atoms with van der Waals surface area (Å²) in [6.45, 7) is 2.13. The zero-order valence-electron chi connectivity index (χ0n) is 15.2. The maximum absolute atomic E-state index is 12.8. The van der Waals surface area contributed by atoms with Gasteiger partial charge in [0.2, 0.25) is 11.8 Å². The molecule has 0 saturated heterocycles. The molecule has 1 N–H and O–H groups in total. The summed E-state index contributed by atoms with van der Waals surface area (Å²) in [4.78, 5) is 26.6. The highest BCUT2D eigenvalue weighted by molar-refractivity contribution is 9.10. The van der Waals surface area contributed by atoms with Crippen molar-refractivity contribution < 1.29 is 9.59 Å². The van der Waals surface area contributed by atoms with Crippen LogP contribution < -0.4 is 5.32 Å². The monoisotopic (exact) mass is 468 g/mol. The zero-order valence-corrected chi connectivity index (χ0v) is 18.4. The van der Waals surface area contributed by atoms with Gasteiger partial charge in [-0.3, -0.25) is 9.59 Å². The third kappa shape index (κ3) is 6.87.